The summed E-state index contributed by atoms with van der Waals surface area (Å²) in [6, 6.07) is 1.39. The van der Waals surface area contributed by atoms with Crippen LogP contribution < -0.4 is 5.32 Å². The second-order valence-corrected chi connectivity index (χ2v) is 5.11. The zero-order valence-corrected chi connectivity index (χ0v) is 10.7. The van der Waals surface area contributed by atoms with Crippen LogP contribution in [0, 0.1) is 0 Å². The Hall–Kier alpha value is -1.36. The molecule has 2 rings (SSSR count). The van der Waals surface area contributed by atoms with Crippen molar-refractivity contribution in [2.45, 2.75) is 31.7 Å². The molecule has 92 valence electrons. The van der Waals surface area contributed by atoms with Crippen LogP contribution in [0.3, 0.4) is 0 Å². The fourth-order valence-electron chi connectivity index (χ4n) is 1.72. The van der Waals surface area contributed by atoms with Gasteiger partial charge in [-0.05, 0) is 42.7 Å². The SMILES string of the molecule is COC(=O)[C@@H](C)NC(=O)c1sccc1C1CC1. The molecule has 1 heterocycles. The van der Waals surface area contributed by atoms with E-state index >= 15 is 0 Å². The number of esters is 1. The number of nitrogens with one attached hydrogen (secondary N) is 1. The van der Waals surface area contributed by atoms with Gasteiger partial charge in [-0.2, -0.15) is 0 Å². The first kappa shape index (κ1) is 12.1. The highest BCUT2D eigenvalue weighted by atomic mass is 32.1. The summed E-state index contributed by atoms with van der Waals surface area (Å²) in [6.07, 6.45) is 2.31. The van der Waals surface area contributed by atoms with E-state index in [1.165, 1.54) is 18.4 Å². The highest BCUT2D eigenvalue weighted by Gasteiger charge is 2.29. The van der Waals surface area contributed by atoms with Gasteiger partial charge in [0.1, 0.15) is 6.04 Å². The molecule has 1 aromatic heterocycles. The van der Waals surface area contributed by atoms with Crippen molar-refractivity contribution in [3.05, 3.63) is 21.9 Å². The molecule has 1 saturated carbocycles. The first-order chi connectivity index (χ1) is 8.13. The van der Waals surface area contributed by atoms with E-state index in [0.29, 0.717) is 5.92 Å². The van der Waals surface area contributed by atoms with E-state index in [2.05, 4.69) is 10.1 Å². The Morgan fingerprint density at radius 3 is 2.82 bits per heavy atom. The zero-order valence-electron chi connectivity index (χ0n) is 9.86. The van der Waals surface area contributed by atoms with Crippen molar-refractivity contribution in [2.24, 2.45) is 0 Å². The summed E-state index contributed by atoms with van der Waals surface area (Å²) in [5.74, 6) is -0.0712. The molecule has 0 aromatic carbocycles. The van der Waals surface area contributed by atoms with Crippen LogP contribution in [0.4, 0.5) is 0 Å². The normalized spacial score (nSPS) is 16.4. The van der Waals surface area contributed by atoms with Gasteiger partial charge in [-0.15, -0.1) is 11.3 Å². The summed E-state index contributed by atoms with van der Waals surface area (Å²) in [5.41, 5.74) is 1.12. The lowest BCUT2D eigenvalue weighted by Crippen LogP contribution is -2.39. The van der Waals surface area contributed by atoms with E-state index in [0.717, 1.165) is 23.3 Å². The van der Waals surface area contributed by atoms with Crippen LogP contribution in [0.1, 0.15) is 40.9 Å². The Bertz CT molecular complexity index is 437. The summed E-state index contributed by atoms with van der Waals surface area (Å²) in [6.45, 7) is 1.62. The van der Waals surface area contributed by atoms with Gasteiger partial charge in [0.05, 0.1) is 12.0 Å². The number of carbonyl (C=O) groups is 2. The maximum atomic E-state index is 12.0. The second-order valence-electron chi connectivity index (χ2n) is 4.20. The van der Waals surface area contributed by atoms with E-state index < -0.39 is 12.0 Å². The maximum absolute atomic E-state index is 12.0. The van der Waals surface area contributed by atoms with E-state index in [1.807, 2.05) is 11.4 Å². The van der Waals surface area contributed by atoms with Gasteiger partial charge in [0.25, 0.3) is 5.91 Å². The lowest BCUT2D eigenvalue weighted by molar-refractivity contribution is -0.142. The Kier molecular flexibility index (Phi) is 3.47. The average molecular weight is 253 g/mol. The predicted octanol–water partition coefficient (Wildman–Crippen LogP) is 1.92. The molecule has 0 saturated heterocycles. The number of methoxy groups -OCH3 is 1. The van der Waals surface area contributed by atoms with Crippen molar-refractivity contribution in [2.75, 3.05) is 7.11 Å². The smallest absolute Gasteiger partial charge is 0.328 e. The molecule has 1 aliphatic carbocycles. The molecule has 1 N–H and O–H groups in total. The zero-order chi connectivity index (χ0) is 12.4. The van der Waals surface area contributed by atoms with Crippen LogP contribution in [0.5, 0.6) is 0 Å². The average Bonchev–Trinajstić information content (AvgIpc) is 3.05. The predicted molar refractivity (Wildman–Crippen MR) is 65.2 cm³/mol. The fourth-order valence-corrected chi connectivity index (χ4v) is 2.60. The molecule has 1 aliphatic rings. The van der Waals surface area contributed by atoms with Crippen LogP contribution in [0.15, 0.2) is 11.4 Å². The molecular formula is C12H15NO3S. The minimum absolute atomic E-state index is 0.181. The van der Waals surface area contributed by atoms with Crippen molar-refractivity contribution in [3.8, 4) is 0 Å². The highest BCUT2D eigenvalue weighted by Crippen LogP contribution is 2.43. The minimum Gasteiger partial charge on any atom is -0.467 e. The van der Waals surface area contributed by atoms with Crippen LogP contribution in [-0.2, 0) is 9.53 Å². The van der Waals surface area contributed by atoms with Crippen molar-refractivity contribution in [3.63, 3.8) is 0 Å². The molecule has 17 heavy (non-hydrogen) atoms. The fraction of sp³-hybridized carbons (Fsp3) is 0.500. The minimum atomic E-state index is -0.610. The number of rotatable bonds is 4. The molecule has 1 fully saturated rings. The van der Waals surface area contributed by atoms with Crippen LogP contribution >= 0.6 is 11.3 Å². The molecule has 0 aliphatic heterocycles. The van der Waals surface area contributed by atoms with Gasteiger partial charge >= 0.3 is 5.97 Å². The van der Waals surface area contributed by atoms with Gasteiger partial charge < -0.3 is 10.1 Å². The standard InChI is InChI=1S/C12H15NO3S/c1-7(12(15)16-2)13-11(14)10-9(5-6-17-10)8-3-4-8/h5-8H,3-4H2,1-2H3,(H,13,14)/t7-/m1/s1. The van der Waals surface area contributed by atoms with Crippen molar-refractivity contribution in [1.29, 1.82) is 0 Å². The van der Waals surface area contributed by atoms with E-state index in [4.69, 9.17) is 0 Å². The van der Waals surface area contributed by atoms with Gasteiger partial charge in [-0.25, -0.2) is 4.79 Å². The molecular weight excluding hydrogens is 238 g/mol. The summed E-state index contributed by atoms with van der Waals surface area (Å²) in [7, 11) is 1.31. The Morgan fingerprint density at radius 2 is 2.24 bits per heavy atom. The second kappa shape index (κ2) is 4.87. The lowest BCUT2D eigenvalue weighted by atomic mass is 10.1. The summed E-state index contributed by atoms with van der Waals surface area (Å²) in [4.78, 5) is 23.9. The molecule has 0 unspecified atom stereocenters. The van der Waals surface area contributed by atoms with E-state index in [1.54, 1.807) is 6.92 Å². The first-order valence-corrected chi connectivity index (χ1v) is 6.47. The number of carbonyl (C=O) groups excluding carboxylic acids is 2. The van der Waals surface area contributed by atoms with Crippen molar-refractivity contribution >= 4 is 23.2 Å². The van der Waals surface area contributed by atoms with Crippen molar-refractivity contribution < 1.29 is 14.3 Å². The third-order valence-corrected chi connectivity index (χ3v) is 3.75. The molecule has 1 amide bonds. The Balaban J connectivity index is 2.04. The van der Waals surface area contributed by atoms with Gasteiger partial charge in [0.15, 0.2) is 0 Å². The Morgan fingerprint density at radius 1 is 1.53 bits per heavy atom. The monoisotopic (exact) mass is 253 g/mol. The lowest BCUT2D eigenvalue weighted by Gasteiger charge is -2.11. The number of hydrogen-bond acceptors (Lipinski definition) is 4. The summed E-state index contributed by atoms with van der Waals surface area (Å²) < 4.78 is 4.57. The molecule has 4 nitrogen and oxygen atoms in total. The highest BCUT2D eigenvalue weighted by molar-refractivity contribution is 7.12. The van der Waals surface area contributed by atoms with Gasteiger partial charge in [-0.3, -0.25) is 4.79 Å². The quantitative estimate of drug-likeness (QED) is 0.834. The Labute approximate surface area is 104 Å². The molecule has 0 spiro atoms. The van der Waals surface area contributed by atoms with Crippen LogP contribution in [-0.4, -0.2) is 25.0 Å². The maximum Gasteiger partial charge on any atom is 0.328 e. The molecule has 5 heteroatoms. The first-order valence-electron chi connectivity index (χ1n) is 5.59. The van der Waals surface area contributed by atoms with Crippen molar-refractivity contribution in [1.82, 2.24) is 5.32 Å². The molecule has 1 aromatic rings. The number of amides is 1. The van der Waals surface area contributed by atoms with Gasteiger partial charge in [0.2, 0.25) is 0 Å². The van der Waals surface area contributed by atoms with E-state index in [-0.39, 0.29) is 5.91 Å². The molecule has 0 bridgehead atoms. The number of hydrogen-bond donors (Lipinski definition) is 1. The van der Waals surface area contributed by atoms with Crippen LogP contribution in [0.2, 0.25) is 0 Å². The topological polar surface area (TPSA) is 55.4 Å². The van der Waals surface area contributed by atoms with Gasteiger partial charge in [-0.1, -0.05) is 0 Å². The largest absolute Gasteiger partial charge is 0.467 e. The third kappa shape index (κ3) is 2.66. The van der Waals surface area contributed by atoms with Crippen LogP contribution in [0.25, 0.3) is 0 Å². The summed E-state index contributed by atoms with van der Waals surface area (Å²) >= 11 is 1.42. The van der Waals surface area contributed by atoms with E-state index in [9.17, 15) is 9.59 Å². The third-order valence-electron chi connectivity index (χ3n) is 2.82. The molecule has 1 atom stereocenters. The summed E-state index contributed by atoms with van der Waals surface area (Å²) in [5, 5.41) is 4.57. The number of ether oxygens (including phenoxy) is 1. The van der Waals surface area contributed by atoms with Gasteiger partial charge in [0, 0.05) is 0 Å². The molecule has 0 radical (unpaired) electrons. The number of thiophene rings is 1.